The lowest BCUT2D eigenvalue weighted by molar-refractivity contribution is 0.208. The van der Waals surface area contributed by atoms with Crippen LogP contribution in [0.1, 0.15) is 44.2 Å². The highest BCUT2D eigenvalue weighted by Crippen LogP contribution is 2.30. The van der Waals surface area contributed by atoms with Crippen LogP contribution in [0.3, 0.4) is 0 Å². The van der Waals surface area contributed by atoms with Gasteiger partial charge in [-0.1, -0.05) is 25.5 Å². The first-order valence-corrected chi connectivity index (χ1v) is 9.44. The number of hydrogen-bond acceptors (Lipinski definition) is 3. The first-order valence-electron chi connectivity index (χ1n) is 9.44. The third kappa shape index (κ3) is 3.59. The van der Waals surface area contributed by atoms with Gasteiger partial charge in [0.15, 0.2) is 0 Å². The number of nitrogens with zero attached hydrogens (tertiary/aromatic N) is 3. The summed E-state index contributed by atoms with van der Waals surface area (Å²) in [5.41, 5.74) is 3.59. The monoisotopic (exact) mass is 334 g/mol. The minimum absolute atomic E-state index is 0.597. The molecular weight excluding hydrogens is 308 g/mol. The Hall–Kier alpha value is -2.20. The number of benzene rings is 1. The molecule has 3 aromatic rings. The van der Waals surface area contributed by atoms with Gasteiger partial charge in [-0.3, -0.25) is 10.1 Å². The highest BCUT2D eigenvalue weighted by atomic mass is 15.1. The Bertz CT molecular complexity index is 817. The van der Waals surface area contributed by atoms with Crippen molar-refractivity contribution in [1.82, 2.24) is 20.1 Å². The molecule has 4 nitrogen and oxygen atoms in total. The van der Waals surface area contributed by atoms with E-state index < -0.39 is 0 Å². The molecule has 1 N–H and O–H groups in total. The van der Waals surface area contributed by atoms with Crippen LogP contribution in [0.2, 0.25) is 0 Å². The minimum Gasteiger partial charge on any atom is -0.303 e. The average Bonchev–Trinajstić information content (AvgIpc) is 3.21. The lowest BCUT2D eigenvalue weighted by atomic mass is 9.91. The number of hydrogen-bond donors (Lipinski definition) is 1. The Balaban J connectivity index is 1.53. The van der Waals surface area contributed by atoms with Gasteiger partial charge in [-0.25, -0.2) is 0 Å². The summed E-state index contributed by atoms with van der Waals surface area (Å²) < 4.78 is 0. The van der Waals surface area contributed by atoms with Gasteiger partial charge < -0.3 is 4.90 Å². The molecule has 0 bridgehead atoms. The third-order valence-corrected chi connectivity index (χ3v) is 5.41. The zero-order valence-electron chi connectivity index (χ0n) is 14.9. The molecule has 25 heavy (non-hydrogen) atoms. The van der Waals surface area contributed by atoms with Gasteiger partial charge in [-0.2, -0.15) is 5.10 Å². The number of pyridine rings is 1. The highest BCUT2D eigenvalue weighted by molar-refractivity contribution is 5.86. The number of piperidine rings is 1. The van der Waals surface area contributed by atoms with Gasteiger partial charge in [-0.05, 0) is 62.0 Å². The fourth-order valence-electron chi connectivity index (χ4n) is 3.80. The topological polar surface area (TPSA) is 44.8 Å². The zero-order valence-corrected chi connectivity index (χ0v) is 14.9. The van der Waals surface area contributed by atoms with Crippen molar-refractivity contribution in [3.05, 3.63) is 48.5 Å². The molecule has 0 atom stereocenters. The van der Waals surface area contributed by atoms with Gasteiger partial charge in [0.2, 0.25) is 0 Å². The molecule has 4 heteroatoms. The molecule has 0 spiro atoms. The van der Waals surface area contributed by atoms with Crippen LogP contribution < -0.4 is 0 Å². The maximum Gasteiger partial charge on any atom is 0.0565 e. The molecular formula is C21H26N4. The second-order valence-corrected chi connectivity index (χ2v) is 7.13. The summed E-state index contributed by atoms with van der Waals surface area (Å²) in [7, 11) is 0. The Morgan fingerprint density at radius 1 is 1.08 bits per heavy atom. The SMILES string of the molecule is CCCCN1CCC(c2cc3cc(-c4cn[nH]c4)ccc3cn2)CC1. The first kappa shape index (κ1) is 16.3. The summed E-state index contributed by atoms with van der Waals surface area (Å²) in [6.07, 6.45) is 10.9. The Morgan fingerprint density at radius 2 is 1.96 bits per heavy atom. The lowest BCUT2D eigenvalue weighted by Gasteiger charge is -2.31. The predicted octanol–water partition coefficient (Wildman–Crippen LogP) is 4.60. The highest BCUT2D eigenvalue weighted by Gasteiger charge is 2.21. The Morgan fingerprint density at radius 3 is 2.72 bits per heavy atom. The van der Waals surface area contributed by atoms with Crippen LogP contribution in [0, 0.1) is 0 Å². The molecule has 2 aromatic heterocycles. The van der Waals surface area contributed by atoms with Crippen LogP contribution in [0.25, 0.3) is 21.9 Å². The molecule has 130 valence electrons. The molecule has 0 unspecified atom stereocenters. The lowest BCUT2D eigenvalue weighted by Crippen LogP contribution is -2.33. The van der Waals surface area contributed by atoms with Crippen molar-refractivity contribution in [3.8, 4) is 11.1 Å². The van der Waals surface area contributed by atoms with Crippen molar-refractivity contribution in [2.24, 2.45) is 0 Å². The first-order chi connectivity index (χ1) is 12.3. The van der Waals surface area contributed by atoms with E-state index in [1.54, 1.807) is 0 Å². The van der Waals surface area contributed by atoms with E-state index in [9.17, 15) is 0 Å². The quantitative estimate of drug-likeness (QED) is 0.741. The van der Waals surface area contributed by atoms with Crippen LogP contribution in [0.15, 0.2) is 42.9 Å². The van der Waals surface area contributed by atoms with E-state index >= 15 is 0 Å². The van der Waals surface area contributed by atoms with Gasteiger partial charge in [-0.15, -0.1) is 0 Å². The van der Waals surface area contributed by atoms with E-state index in [4.69, 9.17) is 4.98 Å². The smallest absolute Gasteiger partial charge is 0.0565 e. The number of likely N-dealkylation sites (tertiary alicyclic amines) is 1. The van der Waals surface area contributed by atoms with E-state index in [1.165, 1.54) is 67.3 Å². The minimum atomic E-state index is 0.597. The van der Waals surface area contributed by atoms with Crippen molar-refractivity contribution in [3.63, 3.8) is 0 Å². The molecule has 1 fully saturated rings. The van der Waals surface area contributed by atoms with Crippen molar-refractivity contribution in [1.29, 1.82) is 0 Å². The number of fused-ring (bicyclic) bond motifs is 1. The summed E-state index contributed by atoms with van der Waals surface area (Å²) in [6, 6.07) is 8.84. The number of aromatic amines is 1. The molecule has 4 rings (SSSR count). The van der Waals surface area contributed by atoms with Gasteiger partial charge in [0, 0.05) is 35.0 Å². The van der Waals surface area contributed by atoms with E-state index in [2.05, 4.69) is 46.3 Å². The maximum atomic E-state index is 4.77. The Kier molecular flexibility index (Phi) is 4.79. The van der Waals surface area contributed by atoms with E-state index in [0.717, 1.165) is 5.56 Å². The van der Waals surface area contributed by atoms with Crippen LogP contribution in [0.4, 0.5) is 0 Å². The van der Waals surface area contributed by atoms with E-state index in [-0.39, 0.29) is 0 Å². The maximum absolute atomic E-state index is 4.77. The fourth-order valence-corrected chi connectivity index (χ4v) is 3.80. The summed E-state index contributed by atoms with van der Waals surface area (Å²) >= 11 is 0. The van der Waals surface area contributed by atoms with Gasteiger partial charge in [0.25, 0.3) is 0 Å². The van der Waals surface area contributed by atoms with Crippen molar-refractivity contribution in [2.75, 3.05) is 19.6 Å². The number of H-pyrrole nitrogens is 1. The third-order valence-electron chi connectivity index (χ3n) is 5.41. The molecule has 1 aromatic carbocycles. The van der Waals surface area contributed by atoms with Crippen molar-refractivity contribution >= 4 is 10.8 Å². The summed E-state index contributed by atoms with van der Waals surface area (Å²) in [4.78, 5) is 7.38. The molecule has 1 aliphatic heterocycles. The predicted molar refractivity (Wildman–Crippen MR) is 103 cm³/mol. The Labute approximate surface area is 149 Å². The number of nitrogens with one attached hydrogen (secondary N) is 1. The molecule has 0 saturated carbocycles. The molecule has 0 aliphatic carbocycles. The number of aromatic nitrogens is 3. The summed E-state index contributed by atoms with van der Waals surface area (Å²) in [5.74, 6) is 0.597. The molecule has 1 saturated heterocycles. The van der Waals surface area contributed by atoms with Crippen molar-refractivity contribution in [2.45, 2.75) is 38.5 Å². The van der Waals surface area contributed by atoms with E-state index in [1.807, 2.05) is 18.6 Å². The zero-order chi connectivity index (χ0) is 17.1. The summed E-state index contributed by atoms with van der Waals surface area (Å²) in [5, 5.41) is 9.43. The number of rotatable bonds is 5. The van der Waals surface area contributed by atoms with Crippen LogP contribution in [-0.2, 0) is 0 Å². The van der Waals surface area contributed by atoms with Crippen molar-refractivity contribution < 1.29 is 0 Å². The number of unbranched alkanes of at least 4 members (excludes halogenated alkanes) is 1. The van der Waals surface area contributed by atoms with Crippen LogP contribution in [0.5, 0.6) is 0 Å². The molecule has 0 radical (unpaired) electrons. The molecule has 1 aliphatic rings. The normalized spacial score (nSPS) is 16.5. The fraction of sp³-hybridized carbons (Fsp3) is 0.429. The van der Waals surface area contributed by atoms with Crippen LogP contribution >= 0.6 is 0 Å². The second kappa shape index (κ2) is 7.36. The van der Waals surface area contributed by atoms with Gasteiger partial charge >= 0.3 is 0 Å². The van der Waals surface area contributed by atoms with E-state index in [0.29, 0.717) is 5.92 Å². The standard InChI is InChI=1S/C21H26N4/c1-2-3-8-25-9-6-16(7-10-25)21-12-19-11-17(20-14-23-24-15-20)4-5-18(19)13-22-21/h4-5,11-16H,2-3,6-10H2,1H3,(H,23,24). The average molecular weight is 334 g/mol. The summed E-state index contributed by atoms with van der Waals surface area (Å²) in [6.45, 7) is 5.94. The largest absolute Gasteiger partial charge is 0.303 e. The molecule has 3 heterocycles. The van der Waals surface area contributed by atoms with Gasteiger partial charge in [0.05, 0.1) is 6.20 Å². The second-order valence-electron chi connectivity index (χ2n) is 7.13. The molecule has 0 amide bonds. The van der Waals surface area contributed by atoms with Crippen LogP contribution in [-0.4, -0.2) is 39.7 Å². The van der Waals surface area contributed by atoms with Gasteiger partial charge in [0.1, 0.15) is 0 Å².